The van der Waals surface area contributed by atoms with Crippen LogP contribution < -0.4 is 0 Å². The molecule has 0 saturated carbocycles. The van der Waals surface area contributed by atoms with Gasteiger partial charge in [0.25, 0.3) is 0 Å². The van der Waals surface area contributed by atoms with Crippen molar-refractivity contribution in [3.63, 3.8) is 0 Å². The molecule has 0 spiro atoms. The summed E-state index contributed by atoms with van der Waals surface area (Å²) in [5, 5.41) is 10.0. The molecule has 0 aliphatic heterocycles. The molecule has 0 unspecified atom stereocenters. The van der Waals surface area contributed by atoms with Crippen LogP contribution in [0.2, 0.25) is 0 Å². The molecule has 7 rings (SSSR count). The molecule has 0 nitrogen and oxygen atoms in total. The zero-order valence-electron chi connectivity index (χ0n) is 18.5. The number of benzene rings is 6. The van der Waals surface area contributed by atoms with Crippen LogP contribution in [0.4, 0.5) is 0 Å². The molecule has 7 aromatic rings. The van der Waals surface area contributed by atoms with Gasteiger partial charge in [-0.1, -0.05) is 71.4 Å². The van der Waals surface area contributed by atoms with Crippen LogP contribution in [0.1, 0.15) is 0 Å². The third-order valence-corrected chi connectivity index (χ3v) is 5.61. The molecule has 0 bridgehead atoms. The van der Waals surface area contributed by atoms with Gasteiger partial charge in [0.2, 0.25) is 0 Å². The molecule has 0 N–H and O–H groups in total. The Morgan fingerprint density at radius 3 is 1.18 bits per heavy atom. The molecule has 0 heterocycles. The Bertz CT molecular complexity index is 1270. The maximum atomic E-state index is 3.24. The van der Waals surface area contributed by atoms with E-state index in [1.165, 1.54) is 43.1 Å². The maximum Gasteiger partial charge on any atom is 3.00 e. The predicted octanol–water partition coefficient (Wildman–Crippen LogP) is 8.99. The summed E-state index contributed by atoms with van der Waals surface area (Å²) in [5.74, 6) is 0. The summed E-state index contributed by atoms with van der Waals surface area (Å²) in [6.45, 7) is 0. The van der Waals surface area contributed by atoms with E-state index in [2.05, 4.69) is 97.1 Å². The van der Waals surface area contributed by atoms with Gasteiger partial charge in [-0.3, -0.25) is 0 Å². The van der Waals surface area contributed by atoms with Crippen LogP contribution in [0.15, 0.2) is 140 Å². The van der Waals surface area contributed by atoms with E-state index < -0.39 is 0 Å². The summed E-state index contributed by atoms with van der Waals surface area (Å²) in [6, 6.07) is 54.3. The third-order valence-electron chi connectivity index (χ3n) is 5.61. The normalized spacial score (nSPS) is 10.1. The number of rotatable bonds is 0. The standard InChI is InChI=1S/2C14H9.C5H5.Lu/c2*1-2-6-12-10-14-8-4-3-7-13(14)9-11(12)5-1;1-2-4-5-3-1;/h2*1-7,9-10H;1-5H;/q3*-1;+3. The maximum absolute atomic E-state index is 3.24. The number of hydrogen-bond donors (Lipinski definition) is 0. The van der Waals surface area contributed by atoms with Crippen LogP contribution in [0.3, 0.4) is 0 Å². The van der Waals surface area contributed by atoms with E-state index in [4.69, 9.17) is 0 Å². The van der Waals surface area contributed by atoms with Crippen LogP contribution >= 0.6 is 0 Å². The summed E-state index contributed by atoms with van der Waals surface area (Å²) in [5.41, 5.74) is 0. The Morgan fingerprint density at radius 1 is 0.412 bits per heavy atom. The fraction of sp³-hybridized carbons (Fsp3) is 0. The third kappa shape index (κ3) is 5.89. The summed E-state index contributed by atoms with van der Waals surface area (Å²) in [4.78, 5) is 0. The first-order chi connectivity index (χ1) is 16.4. The summed E-state index contributed by atoms with van der Waals surface area (Å²) in [7, 11) is 0. The van der Waals surface area contributed by atoms with Gasteiger partial charge in [0.1, 0.15) is 0 Å². The van der Waals surface area contributed by atoms with Crippen molar-refractivity contribution in [1.29, 1.82) is 0 Å². The van der Waals surface area contributed by atoms with Crippen molar-refractivity contribution >= 4 is 43.1 Å². The van der Waals surface area contributed by atoms with Gasteiger partial charge in [0.05, 0.1) is 0 Å². The van der Waals surface area contributed by atoms with E-state index in [0.717, 1.165) is 0 Å². The van der Waals surface area contributed by atoms with Crippen molar-refractivity contribution in [3.05, 3.63) is 152 Å². The van der Waals surface area contributed by atoms with Crippen molar-refractivity contribution in [2.24, 2.45) is 0 Å². The minimum absolute atomic E-state index is 0. The molecule has 0 saturated heterocycles. The van der Waals surface area contributed by atoms with E-state index in [1.54, 1.807) is 0 Å². The quantitative estimate of drug-likeness (QED) is 0.121. The minimum atomic E-state index is 0. The topological polar surface area (TPSA) is 0 Å². The van der Waals surface area contributed by atoms with Crippen molar-refractivity contribution in [3.8, 4) is 0 Å². The van der Waals surface area contributed by atoms with Gasteiger partial charge >= 0.3 is 36.9 Å². The largest absolute Gasteiger partial charge is 3.00 e. The van der Waals surface area contributed by atoms with Crippen molar-refractivity contribution < 1.29 is 36.9 Å². The second-order valence-electron chi connectivity index (χ2n) is 7.88. The predicted molar refractivity (Wildman–Crippen MR) is 143 cm³/mol. The van der Waals surface area contributed by atoms with E-state index in [-0.39, 0.29) is 36.9 Å². The van der Waals surface area contributed by atoms with Crippen LogP contribution in [0, 0.1) is 49.0 Å². The van der Waals surface area contributed by atoms with Gasteiger partial charge < -0.3 is 0 Å². The molecule has 0 fully saturated rings. The molecule has 0 aliphatic carbocycles. The second kappa shape index (κ2) is 11.9. The Kier molecular flexibility index (Phi) is 8.42. The van der Waals surface area contributed by atoms with Gasteiger partial charge in [-0.15, -0.1) is 82.2 Å². The fourth-order valence-corrected chi connectivity index (χ4v) is 3.94. The van der Waals surface area contributed by atoms with E-state index in [9.17, 15) is 0 Å². The van der Waals surface area contributed by atoms with Crippen molar-refractivity contribution in [1.82, 2.24) is 0 Å². The van der Waals surface area contributed by atoms with E-state index >= 15 is 0 Å². The SMILES string of the molecule is [Lu+3].[c-]1cccc2cc3ccccc3cc12.[c-]1cccc2cc3ccccc3cc12.c1cc[cH-]c1. The molecule has 0 aliphatic rings. The van der Waals surface area contributed by atoms with Crippen molar-refractivity contribution in [2.45, 2.75) is 0 Å². The monoisotopic (exact) mass is 594 g/mol. The van der Waals surface area contributed by atoms with Gasteiger partial charge in [-0.05, 0) is 10.8 Å². The summed E-state index contributed by atoms with van der Waals surface area (Å²) in [6.07, 6.45) is 0. The van der Waals surface area contributed by atoms with Crippen LogP contribution in [-0.4, -0.2) is 0 Å². The van der Waals surface area contributed by atoms with Gasteiger partial charge in [-0.25, -0.2) is 12.1 Å². The van der Waals surface area contributed by atoms with Gasteiger partial charge in [-0.2, -0.15) is 18.2 Å². The van der Waals surface area contributed by atoms with Gasteiger partial charge in [0.15, 0.2) is 0 Å². The Hall–Kier alpha value is -3.06. The van der Waals surface area contributed by atoms with E-state index in [1.807, 2.05) is 54.6 Å². The van der Waals surface area contributed by atoms with E-state index in [0.29, 0.717) is 0 Å². The molecule has 0 radical (unpaired) electrons. The molecule has 170 valence electrons. The van der Waals surface area contributed by atoms with Crippen LogP contribution in [0.5, 0.6) is 0 Å². The smallest absolute Gasteiger partial charge is 0.214 e. The zero-order chi connectivity index (χ0) is 22.3. The molecule has 1 heteroatoms. The fourth-order valence-electron chi connectivity index (χ4n) is 3.94. The average molecular weight is 595 g/mol. The molecule has 34 heavy (non-hydrogen) atoms. The zero-order valence-corrected chi connectivity index (χ0v) is 20.2. The number of fused-ring (bicyclic) bond motifs is 4. The first-order valence-electron chi connectivity index (χ1n) is 11.1. The minimum Gasteiger partial charge on any atom is -0.214 e. The Balaban J connectivity index is 0.000000131. The molecule has 7 aromatic carbocycles. The molecular weight excluding hydrogens is 571 g/mol. The molecule has 0 atom stereocenters. The summed E-state index contributed by atoms with van der Waals surface area (Å²) >= 11 is 0. The number of hydrogen-bond acceptors (Lipinski definition) is 0. The van der Waals surface area contributed by atoms with Gasteiger partial charge in [0, 0.05) is 0 Å². The molecule has 0 amide bonds. The first kappa shape index (κ1) is 24.1. The molecule has 0 aromatic heterocycles. The first-order valence-corrected chi connectivity index (χ1v) is 11.1. The summed E-state index contributed by atoms with van der Waals surface area (Å²) < 4.78 is 0. The Morgan fingerprint density at radius 2 is 0.794 bits per heavy atom. The molecular formula is C33H23Lu. The van der Waals surface area contributed by atoms with Crippen molar-refractivity contribution in [2.75, 3.05) is 0 Å². The van der Waals surface area contributed by atoms with Crippen LogP contribution in [0.25, 0.3) is 43.1 Å². The Labute approximate surface area is 230 Å². The van der Waals surface area contributed by atoms with Crippen LogP contribution in [-0.2, 0) is 0 Å². The second-order valence-corrected chi connectivity index (χ2v) is 7.88. The average Bonchev–Trinajstić information content (AvgIpc) is 3.47.